The van der Waals surface area contributed by atoms with Crippen molar-refractivity contribution in [2.45, 2.75) is 105 Å². The van der Waals surface area contributed by atoms with E-state index in [1.807, 2.05) is 13.8 Å². The smallest absolute Gasteiger partial charge is 0.306 e. The van der Waals surface area contributed by atoms with Gasteiger partial charge < -0.3 is 15.3 Å². The zero-order chi connectivity index (χ0) is 26.3. The Labute approximate surface area is 211 Å². The van der Waals surface area contributed by atoms with Crippen molar-refractivity contribution >= 4 is 11.9 Å². The van der Waals surface area contributed by atoms with Gasteiger partial charge in [0, 0.05) is 12.3 Å². The van der Waals surface area contributed by atoms with Crippen molar-refractivity contribution in [3.8, 4) is 0 Å². The first-order valence-electron chi connectivity index (χ1n) is 13.3. The average molecular weight is 487 g/mol. The van der Waals surface area contributed by atoms with E-state index in [2.05, 4.69) is 40.3 Å². The standard InChI is InChI=1S/C30H46O5/c1-18(2)9-8-10-20(27(34)35)26-24(31)17-30(7)23-12-11-21(19(3)4)28(5,15-14-25(32)33)22(23)13-16-29(26,30)6/h9,20-21,24,26,31H,3,8,10-17H2,1-2,4-7H3,(H,32,33)(H,34,35)/t20-,21+,24-,26+,28+,29-,30+/m1/s1. The summed E-state index contributed by atoms with van der Waals surface area (Å²) in [5.41, 5.74) is 4.15. The van der Waals surface area contributed by atoms with Crippen LogP contribution in [0.2, 0.25) is 0 Å². The lowest BCUT2D eigenvalue weighted by atomic mass is 9.47. The second kappa shape index (κ2) is 9.88. The first-order chi connectivity index (χ1) is 16.2. The van der Waals surface area contributed by atoms with E-state index in [1.165, 1.54) is 16.7 Å². The number of aliphatic carboxylic acids is 2. The maximum absolute atomic E-state index is 12.5. The van der Waals surface area contributed by atoms with Gasteiger partial charge in [0.25, 0.3) is 0 Å². The lowest BCUT2D eigenvalue weighted by molar-refractivity contribution is -0.148. The molecule has 0 spiro atoms. The molecule has 0 aliphatic heterocycles. The Morgan fingerprint density at radius 3 is 2.31 bits per heavy atom. The molecule has 3 aliphatic rings. The molecule has 5 nitrogen and oxygen atoms in total. The Hall–Kier alpha value is -1.88. The number of carboxylic acid groups (broad SMARTS) is 2. The van der Waals surface area contributed by atoms with Gasteiger partial charge in [-0.1, -0.05) is 55.7 Å². The molecule has 1 fully saturated rings. The molecule has 3 aliphatic carbocycles. The van der Waals surface area contributed by atoms with E-state index in [0.29, 0.717) is 25.7 Å². The Morgan fingerprint density at radius 2 is 1.77 bits per heavy atom. The minimum Gasteiger partial charge on any atom is -0.481 e. The van der Waals surface area contributed by atoms with E-state index < -0.39 is 24.0 Å². The summed E-state index contributed by atoms with van der Waals surface area (Å²) >= 11 is 0. The van der Waals surface area contributed by atoms with Crippen LogP contribution in [-0.2, 0) is 9.59 Å². The Bertz CT molecular complexity index is 940. The molecule has 0 bridgehead atoms. The van der Waals surface area contributed by atoms with Crippen LogP contribution in [0.1, 0.15) is 99.3 Å². The van der Waals surface area contributed by atoms with Crippen LogP contribution in [0.4, 0.5) is 0 Å². The maximum atomic E-state index is 12.5. The van der Waals surface area contributed by atoms with Crippen molar-refractivity contribution in [1.82, 2.24) is 0 Å². The average Bonchev–Trinajstić information content (AvgIpc) is 2.95. The molecule has 196 valence electrons. The highest BCUT2D eigenvalue weighted by atomic mass is 16.4. The molecule has 5 heteroatoms. The normalized spacial score (nSPS) is 37.3. The second-order valence-corrected chi connectivity index (χ2v) is 12.6. The molecule has 3 rings (SSSR count). The number of carboxylic acids is 2. The van der Waals surface area contributed by atoms with Gasteiger partial charge in [-0.2, -0.15) is 0 Å². The number of aliphatic hydroxyl groups is 1. The van der Waals surface area contributed by atoms with Gasteiger partial charge in [0.05, 0.1) is 12.0 Å². The van der Waals surface area contributed by atoms with Gasteiger partial charge in [0.2, 0.25) is 0 Å². The van der Waals surface area contributed by atoms with Crippen molar-refractivity contribution in [2.75, 3.05) is 0 Å². The Balaban J connectivity index is 2.06. The SMILES string of the molecule is C=C(C)[C@@H]1CCC2=C(CC[C@]3(C)[C@@H]([C@@H](CCC=C(C)C)C(=O)O)[C@H](O)C[C@@]23C)[C@@]1(C)CCC(=O)O. The van der Waals surface area contributed by atoms with E-state index in [0.717, 1.165) is 31.3 Å². The fourth-order valence-electron chi connectivity index (χ4n) is 8.43. The van der Waals surface area contributed by atoms with Crippen molar-refractivity contribution in [3.05, 3.63) is 34.9 Å². The molecule has 1 saturated carbocycles. The highest BCUT2D eigenvalue weighted by molar-refractivity contribution is 5.71. The molecule has 0 heterocycles. The van der Waals surface area contributed by atoms with E-state index >= 15 is 0 Å². The predicted molar refractivity (Wildman–Crippen MR) is 139 cm³/mol. The van der Waals surface area contributed by atoms with Gasteiger partial charge in [-0.3, -0.25) is 9.59 Å². The van der Waals surface area contributed by atoms with Crippen LogP contribution in [0.3, 0.4) is 0 Å². The fraction of sp³-hybridized carbons (Fsp3) is 0.733. The molecule has 7 atom stereocenters. The molecular formula is C30H46O5. The molecule has 0 aromatic heterocycles. The van der Waals surface area contributed by atoms with Crippen molar-refractivity contribution < 1.29 is 24.9 Å². The van der Waals surface area contributed by atoms with Crippen LogP contribution in [0, 0.1) is 34.0 Å². The number of aliphatic hydroxyl groups excluding tert-OH is 1. The van der Waals surface area contributed by atoms with Crippen molar-refractivity contribution in [2.24, 2.45) is 34.0 Å². The molecule has 0 aromatic carbocycles. The summed E-state index contributed by atoms with van der Waals surface area (Å²) in [7, 11) is 0. The molecule has 0 amide bonds. The Morgan fingerprint density at radius 1 is 1.11 bits per heavy atom. The summed E-state index contributed by atoms with van der Waals surface area (Å²) in [6.07, 6.45) is 7.46. The number of allylic oxidation sites excluding steroid dienone is 5. The zero-order valence-electron chi connectivity index (χ0n) is 22.6. The summed E-state index contributed by atoms with van der Waals surface area (Å²) in [6, 6.07) is 0. The second-order valence-electron chi connectivity index (χ2n) is 12.6. The number of hydrogen-bond donors (Lipinski definition) is 3. The number of rotatable bonds is 9. The van der Waals surface area contributed by atoms with Crippen LogP contribution in [0.25, 0.3) is 0 Å². The van der Waals surface area contributed by atoms with Crippen LogP contribution >= 0.6 is 0 Å². The van der Waals surface area contributed by atoms with Gasteiger partial charge in [0.1, 0.15) is 0 Å². The highest BCUT2D eigenvalue weighted by Gasteiger charge is 2.65. The zero-order valence-corrected chi connectivity index (χ0v) is 22.6. The third-order valence-corrected chi connectivity index (χ3v) is 10.3. The van der Waals surface area contributed by atoms with Crippen LogP contribution in [0.15, 0.2) is 34.9 Å². The number of carbonyl (C=O) groups is 2. The summed E-state index contributed by atoms with van der Waals surface area (Å²) < 4.78 is 0. The third kappa shape index (κ3) is 4.65. The number of hydrogen-bond acceptors (Lipinski definition) is 3. The largest absolute Gasteiger partial charge is 0.481 e. The minimum absolute atomic E-state index is 0.127. The maximum Gasteiger partial charge on any atom is 0.306 e. The van der Waals surface area contributed by atoms with Gasteiger partial charge in [-0.25, -0.2) is 0 Å². The first-order valence-corrected chi connectivity index (χ1v) is 13.3. The van der Waals surface area contributed by atoms with E-state index in [-0.39, 0.29) is 34.5 Å². The molecule has 0 saturated heterocycles. The van der Waals surface area contributed by atoms with E-state index in [1.54, 1.807) is 0 Å². The van der Waals surface area contributed by atoms with Gasteiger partial charge in [-0.05, 0) is 94.3 Å². The van der Waals surface area contributed by atoms with Crippen LogP contribution in [0.5, 0.6) is 0 Å². The quantitative estimate of drug-likeness (QED) is 0.312. The topological polar surface area (TPSA) is 94.8 Å². The minimum atomic E-state index is -0.807. The fourth-order valence-corrected chi connectivity index (χ4v) is 8.43. The molecular weight excluding hydrogens is 440 g/mol. The lowest BCUT2D eigenvalue weighted by Crippen LogP contribution is -2.49. The Kier molecular flexibility index (Phi) is 7.82. The predicted octanol–water partition coefficient (Wildman–Crippen LogP) is 6.77. The summed E-state index contributed by atoms with van der Waals surface area (Å²) in [4.78, 5) is 24.0. The molecule has 0 radical (unpaired) electrons. The lowest BCUT2D eigenvalue weighted by Gasteiger charge is -2.57. The first kappa shape index (κ1) is 27.7. The van der Waals surface area contributed by atoms with Crippen molar-refractivity contribution in [3.63, 3.8) is 0 Å². The van der Waals surface area contributed by atoms with E-state index in [9.17, 15) is 24.9 Å². The summed E-state index contributed by atoms with van der Waals surface area (Å²) in [5, 5.41) is 31.1. The summed E-state index contributed by atoms with van der Waals surface area (Å²) in [5.74, 6) is -2.22. The number of fused-ring (bicyclic) bond motifs is 2. The van der Waals surface area contributed by atoms with Crippen molar-refractivity contribution in [1.29, 1.82) is 0 Å². The van der Waals surface area contributed by atoms with Gasteiger partial charge in [0.15, 0.2) is 0 Å². The van der Waals surface area contributed by atoms with Gasteiger partial charge in [-0.15, -0.1) is 0 Å². The van der Waals surface area contributed by atoms with Crippen LogP contribution in [-0.4, -0.2) is 33.4 Å². The molecule has 0 unspecified atom stereocenters. The highest BCUT2D eigenvalue weighted by Crippen LogP contribution is 2.71. The van der Waals surface area contributed by atoms with E-state index in [4.69, 9.17) is 0 Å². The molecule has 3 N–H and O–H groups in total. The monoisotopic (exact) mass is 486 g/mol. The van der Waals surface area contributed by atoms with Crippen LogP contribution < -0.4 is 0 Å². The summed E-state index contributed by atoms with van der Waals surface area (Å²) in [6.45, 7) is 17.1. The third-order valence-electron chi connectivity index (χ3n) is 10.3. The molecule has 0 aromatic rings. The van der Waals surface area contributed by atoms with Gasteiger partial charge >= 0.3 is 11.9 Å². The molecule has 35 heavy (non-hydrogen) atoms.